The molecule has 0 amide bonds. The Morgan fingerprint density at radius 1 is 1.30 bits per heavy atom. The summed E-state index contributed by atoms with van der Waals surface area (Å²) in [6.07, 6.45) is -0.700. The molecule has 1 aliphatic heterocycles. The minimum atomic E-state index is -4.14. The lowest BCUT2D eigenvalue weighted by atomic mass is 10.1. The molecule has 0 spiro atoms. The number of aliphatic hydroxyl groups excluding tert-OH is 1. The zero-order chi connectivity index (χ0) is 28.9. The van der Waals surface area contributed by atoms with Crippen molar-refractivity contribution in [2.45, 2.75) is 64.5 Å². The van der Waals surface area contributed by atoms with Gasteiger partial charge in [-0.25, -0.2) is 9.55 Å². The van der Waals surface area contributed by atoms with Crippen molar-refractivity contribution in [3.63, 3.8) is 0 Å². The van der Waals surface area contributed by atoms with E-state index in [0.29, 0.717) is 0 Å². The number of para-hydroxylation sites is 1. The Balaban J connectivity index is 1.44. The summed E-state index contributed by atoms with van der Waals surface area (Å²) in [6.45, 7) is 5.52. The summed E-state index contributed by atoms with van der Waals surface area (Å²) < 4.78 is 51.6. The molecule has 1 aliphatic rings. The van der Waals surface area contributed by atoms with Gasteiger partial charge in [0.1, 0.15) is 17.9 Å². The Morgan fingerprint density at radius 2 is 2.02 bits per heavy atom. The molecule has 1 aromatic carbocycles. The fourth-order valence-electron chi connectivity index (χ4n) is 4.22. The van der Waals surface area contributed by atoms with Gasteiger partial charge in [-0.3, -0.25) is 13.9 Å². The van der Waals surface area contributed by atoms with Crippen LogP contribution in [0.15, 0.2) is 36.7 Å². The zero-order valence-electron chi connectivity index (χ0n) is 22.5. The third-order valence-electron chi connectivity index (χ3n) is 6.58. The monoisotopic (exact) mass is 580 g/mol. The average molecular weight is 581 g/mol. The largest absolute Gasteiger partial charge is 0.464 e. The molecule has 3 heterocycles. The number of halogens is 1. The van der Waals surface area contributed by atoms with Gasteiger partial charge in [0, 0.05) is 6.42 Å². The summed E-state index contributed by atoms with van der Waals surface area (Å²) in [4.78, 5) is 23.9. The van der Waals surface area contributed by atoms with Gasteiger partial charge in [0.15, 0.2) is 23.2 Å². The molecule has 0 bridgehead atoms. The molecular weight excluding hydrogens is 546 g/mol. The predicted octanol–water partition coefficient (Wildman–Crippen LogP) is 3.36. The first-order valence-electron chi connectivity index (χ1n) is 13.0. The van der Waals surface area contributed by atoms with Crippen LogP contribution in [0, 0.1) is 12.0 Å². The summed E-state index contributed by atoms with van der Waals surface area (Å²) in [7, 11) is -4.14. The van der Waals surface area contributed by atoms with Crippen LogP contribution >= 0.6 is 7.75 Å². The molecule has 4 rings (SSSR count). The summed E-state index contributed by atoms with van der Waals surface area (Å²) >= 11 is 0. The Hall–Kier alpha value is -3.16. The van der Waals surface area contributed by atoms with Gasteiger partial charge in [-0.1, -0.05) is 44.9 Å². The number of aliphatic hydroxyl groups is 1. The number of fused-ring (bicyclic) bond motifs is 1. The molecule has 0 aliphatic carbocycles. The number of imidazole rings is 1. The second-order valence-corrected chi connectivity index (χ2v) is 11.2. The van der Waals surface area contributed by atoms with Crippen molar-refractivity contribution in [3.8, 4) is 5.75 Å². The van der Waals surface area contributed by atoms with Crippen molar-refractivity contribution in [1.29, 1.82) is 0 Å². The molecule has 0 saturated carbocycles. The molecule has 2 aromatic heterocycles. The Morgan fingerprint density at radius 3 is 2.73 bits per heavy atom. The highest BCUT2D eigenvalue weighted by atomic mass is 31.2. The van der Waals surface area contributed by atoms with Crippen molar-refractivity contribution in [3.05, 3.63) is 42.7 Å². The Bertz CT molecular complexity index is 1340. The lowest BCUT2D eigenvalue weighted by molar-refractivity contribution is -0.146. The van der Waals surface area contributed by atoms with E-state index in [1.165, 1.54) is 17.8 Å². The van der Waals surface area contributed by atoms with E-state index in [4.69, 9.17) is 24.3 Å². The van der Waals surface area contributed by atoms with Crippen LogP contribution in [0.4, 0.5) is 10.2 Å². The van der Waals surface area contributed by atoms with E-state index in [2.05, 4.69) is 20.0 Å². The van der Waals surface area contributed by atoms with E-state index < -0.39 is 44.3 Å². The minimum absolute atomic E-state index is 0.0519. The van der Waals surface area contributed by atoms with E-state index >= 15 is 0 Å². The van der Waals surface area contributed by atoms with Crippen LogP contribution in [-0.2, 0) is 23.4 Å². The van der Waals surface area contributed by atoms with E-state index in [0.717, 1.165) is 12.8 Å². The number of nitrogens with two attached hydrogens (primary N) is 1. The average Bonchev–Trinajstić information content (AvgIpc) is 3.51. The predicted molar refractivity (Wildman–Crippen MR) is 142 cm³/mol. The van der Waals surface area contributed by atoms with E-state index in [1.807, 2.05) is 13.8 Å². The van der Waals surface area contributed by atoms with Gasteiger partial charge in [-0.05, 0) is 25.0 Å². The molecule has 0 unspecified atom stereocenters. The normalized spacial score (nSPS) is 21.4. The van der Waals surface area contributed by atoms with Gasteiger partial charge in [0.2, 0.25) is 0 Å². The first-order valence-corrected chi connectivity index (χ1v) is 14.6. The zero-order valence-corrected chi connectivity index (χ0v) is 23.4. The first-order chi connectivity index (χ1) is 19.1. The Labute approximate surface area is 230 Å². The van der Waals surface area contributed by atoms with Crippen LogP contribution in [0.3, 0.4) is 0 Å². The number of nitrogens with one attached hydrogen (secondary N) is 1. The maximum atomic E-state index is 13.8. The minimum Gasteiger partial charge on any atom is -0.464 e. The SMILES string of the molecule is CCC(CC)COC(=O)[C@H](C)N[P@](=O)(OC[C@@H]1C[C@@H](O)[C@H](n2cnc3c(N)nc(F)nc32)O1)Oc1ccccc1. The van der Waals surface area contributed by atoms with Crippen molar-refractivity contribution in [2.75, 3.05) is 18.9 Å². The topological polar surface area (TPSA) is 173 Å². The van der Waals surface area contributed by atoms with Gasteiger partial charge in [-0.15, -0.1) is 0 Å². The van der Waals surface area contributed by atoms with Crippen LogP contribution in [0.1, 0.15) is 46.3 Å². The number of ether oxygens (including phenoxy) is 2. The highest BCUT2D eigenvalue weighted by molar-refractivity contribution is 7.52. The lowest BCUT2D eigenvalue weighted by Gasteiger charge is -2.24. The first kappa shape index (κ1) is 29.8. The number of aromatic nitrogens is 4. The standard InChI is InChI=1S/C25H34FN6O7P/c1-4-16(5-2)12-36-24(34)15(3)31-40(35,39-17-9-7-6-8-10-17)37-13-18-11-19(33)23(38-18)32-14-28-20-21(27)29-25(26)30-22(20)32/h6-10,14-16,18-19,23,33H,4-5,11-13H2,1-3H3,(H,31,35)(H2,27,29,30)/t15-,18-,19+,23+,40-/m0/s1. The van der Waals surface area contributed by atoms with Gasteiger partial charge >= 0.3 is 19.8 Å². The van der Waals surface area contributed by atoms with E-state index in [1.54, 1.807) is 30.3 Å². The van der Waals surface area contributed by atoms with E-state index in [-0.39, 0.29) is 48.3 Å². The highest BCUT2D eigenvalue weighted by Gasteiger charge is 2.39. The van der Waals surface area contributed by atoms with E-state index in [9.17, 15) is 18.9 Å². The number of hydrogen-bond donors (Lipinski definition) is 3. The molecule has 0 radical (unpaired) electrons. The van der Waals surface area contributed by atoms with Crippen molar-refractivity contribution >= 4 is 30.7 Å². The third kappa shape index (κ3) is 7.12. The molecule has 1 fully saturated rings. The van der Waals surface area contributed by atoms with Crippen molar-refractivity contribution in [1.82, 2.24) is 24.6 Å². The molecule has 40 heavy (non-hydrogen) atoms. The van der Waals surface area contributed by atoms with Crippen LogP contribution < -0.4 is 15.3 Å². The molecule has 4 N–H and O–H groups in total. The number of carbonyl (C=O) groups is 1. The van der Waals surface area contributed by atoms with Crippen LogP contribution in [0.5, 0.6) is 5.75 Å². The van der Waals surface area contributed by atoms with Gasteiger partial charge in [0.05, 0.1) is 25.6 Å². The molecule has 1 saturated heterocycles. The van der Waals surface area contributed by atoms with Crippen LogP contribution in [0.25, 0.3) is 11.2 Å². The molecule has 5 atom stereocenters. The van der Waals surface area contributed by atoms with Crippen molar-refractivity contribution in [2.24, 2.45) is 5.92 Å². The lowest BCUT2D eigenvalue weighted by Crippen LogP contribution is -2.36. The number of nitrogen functional groups attached to an aromatic ring is 1. The smallest absolute Gasteiger partial charge is 0.459 e. The number of hydrogen-bond acceptors (Lipinski definition) is 11. The maximum Gasteiger partial charge on any atom is 0.459 e. The summed E-state index contributed by atoms with van der Waals surface area (Å²) in [5.74, 6) is -0.261. The second kappa shape index (κ2) is 13.0. The Kier molecular flexibility index (Phi) is 9.69. The number of benzene rings is 1. The van der Waals surface area contributed by atoms with Crippen molar-refractivity contribution < 1.29 is 37.4 Å². The summed E-state index contributed by atoms with van der Waals surface area (Å²) in [5.41, 5.74) is 5.93. The second-order valence-electron chi connectivity index (χ2n) is 9.51. The van der Waals surface area contributed by atoms with Crippen LogP contribution in [-0.4, -0.2) is 62.1 Å². The number of carbonyl (C=O) groups excluding carboxylic acids is 1. The number of nitrogens with zero attached hydrogens (tertiary/aromatic N) is 4. The number of rotatable bonds is 13. The quantitative estimate of drug-likeness (QED) is 0.153. The van der Waals surface area contributed by atoms with Gasteiger partial charge in [-0.2, -0.15) is 19.4 Å². The fourth-order valence-corrected chi connectivity index (χ4v) is 5.74. The molecule has 13 nitrogen and oxygen atoms in total. The molecule has 15 heteroatoms. The summed E-state index contributed by atoms with van der Waals surface area (Å²) in [6, 6.07) is 7.34. The number of anilines is 1. The highest BCUT2D eigenvalue weighted by Crippen LogP contribution is 2.46. The number of esters is 1. The maximum absolute atomic E-state index is 13.8. The third-order valence-corrected chi connectivity index (χ3v) is 8.22. The van der Waals surface area contributed by atoms with Gasteiger partial charge in [0.25, 0.3) is 0 Å². The van der Waals surface area contributed by atoms with Gasteiger partial charge < -0.3 is 24.8 Å². The molecule has 3 aromatic rings. The molecular formula is C25H34FN6O7P. The fraction of sp³-hybridized carbons (Fsp3) is 0.520. The summed E-state index contributed by atoms with van der Waals surface area (Å²) in [5, 5.41) is 13.3. The van der Waals surface area contributed by atoms with Crippen LogP contribution in [0.2, 0.25) is 0 Å². The molecule has 218 valence electrons.